The van der Waals surface area contributed by atoms with Crippen molar-refractivity contribution in [3.05, 3.63) is 70.2 Å². The first-order valence-corrected chi connectivity index (χ1v) is 8.20. The molecule has 2 aromatic rings. The van der Waals surface area contributed by atoms with Crippen LogP contribution in [-0.2, 0) is 12.6 Å². The summed E-state index contributed by atoms with van der Waals surface area (Å²) < 4.78 is 38.9. The van der Waals surface area contributed by atoms with E-state index >= 15 is 0 Å². The molecule has 0 bridgehead atoms. The van der Waals surface area contributed by atoms with Gasteiger partial charge in [0.05, 0.1) is 5.56 Å². The Morgan fingerprint density at radius 2 is 1.71 bits per heavy atom. The number of halogens is 4. The number of hydrogen-bond donors (Lipinski definition) is 0. The standard InChI is InChI=1S/C19H21ClF3N/c1-24(2)11-10-15(14-6-4-3-5-7-14)12-16-13-17(19(21,22)23)8-9-18(16)20/h3-9,13,15H,10-12H2,1-2H3. The fourth-order valence-corrected chi connectivity index (χ4v) is 2.89. The van der Waals surface area contributed by atoms with E-state index in [1.54, 1.807) is 0 Å². The van der Waals surface area contributed by atoms with Crippen LogP contribution in [0.25, 0.3) is 0 Å². The van der Waals surface area contributed by atoms with Crippen molar-refractivity contribution in [3.63, 3.8) is 0 Å². The molecule has 2 aromatic carbocycles. The number of alkyl halides is 3. The summed E-state index contributed by atoms with van der Waals surface area (Å²) in [5.41, 5.74) is 1.01. The Morgan fingerprint density at radius 3 is 2.29 bits per heavy atom. The summed E-state index contributed by atoms with van der Waals surface area (Å²) in [6.45, 7) is 0.857. The van der Waals surface area contributed by atoms with Crippen molar-refractivity contribution in [3.8, 4) is 0 Å². The Bertz CT molecular complexity index is 653. The average Bonchev–Trinajstić information content (AvgIpc) is 2.52. The van der Waals surface area contributed by atoms with Crippen molar-refractivity contribution in [2.75, 3.05) is 20.6 Å². The highest BCUT2D eigenvalue weighted by atomic mass is 35.5. The smallest absolute Gasteiger partial charge is 0.309 e. The van der Waals surface area contributed by atoms with E-state index in [1.165, 1.54) is 12.1 Å². The molecule has 0 aliphatic carbocycles. The molecule has 0 saturated carbocycles. The first kappa shape index (κ1) is 18.8. The maximum absolute atomic E-state index is 13.0. The maximum Gasteiger partial charge on any atom is 0.416 e. The van der Waals surface area contributed by atoms with E-state index in [9.17, 15) is 13.2 Å². The Hall–Kier alpha value is -1.52. The minimum absolute atomic E-state index is 0.120. The Morgan fingerprint density at radius 1 is 1.04 bits per heavy atom. The van der Waals surface area contributed by atoms with Crippen molar-refractivity contribution in [2.24, 2.45) is 0 Å². The maximum atomic E-state index is 13.0. The predicted octanol–water partition coefficient (Wildman–Crippen LogP) is 5.64. The summed E-state index contributed by atoms with van der Waals surface area (Å²) in [5, 5.41) is 0.383. The Kier molecular flexibility index (Phi) is 6.30. The van der Waals surface area contributed by atoms with Crippen molar-refractivity contribution in [2.45, 2.75) is 24.9 Å². The lowest BCUT2D eigenvalue weighted by Gasteiger charge is -2.21. The molecule has 0 aliphatic rings. The lowest BCUT2D eigenvalue weighted by atomic mass is 9.88. The summed E-state index contributed by atoms with van der Waals surface area (Å²) in [6.07, 6.45) is -3.02. The normalized spacial score (nSPS) is 13.3. The van der Waals surface area contributed by atoms with Crippen molar-refractivity contribution >= 4 is 11.6 Å². The van der Waals surface area contributed by atoms with Gasteiger partial charge < -0.3 is 4.90 Å². The first-order valence-electron chi connectivity index (χ1n) is 7.82. The summed E-state index contributed by atoms with van der Waals surface area (Å²) >= 11 is 6.16. The minimum Gasteiger partial charge on any atom is -0.309 e. The molecule has 0 N–H and O–H groups in total. The highest BCUT2D eigenvalue weighted by molar-refractivity contribution is 6.31. The van der Waals surface area contributed by atoms with Crippen LogP contribution in [0.15, 0.2) is 48.5 Å². The summed E-state index contributed by atoms with van der Waals surface area (Å²) in [6, 6.07) is 13.4. The summed E-state index contributed by atoms with van der Waals surface area (Å²) in [7, 11) is 3.97. The molecule has 24 heavy (non-hydrogen) atoms. The van der Waals surface area contributed by atoms with Crippen LogP contribution in [0.3, 0.4) is 0 Å². The minimum atomic E-state index is -4.36. The molecule has 130 valence electrons. The molecule has 0 radical (unpaired) electrons. The van der Waals surface area contributed by atoms with Crippen molar-refractivity contribution in [1.82, 2.24) is 4.90 Å². The third kappa shape index (κ3) is 5.25. The molecule has 0 fully saturated rings. The number of rotatable bonds is 6. The molecular weight excluding hydrogens is 335 g/mol. The zero-order valence-electron chi connectivity index (χ0n) is 13.8. The molecule has 0 amide bonds. The second kappa shape index (κ2) is 8.04. The van der Waals surface area contributed by atoms with Gasteiger partial charge in [0.25, 0.3) is 0 Å². The third-order valence-electron chi connectivity index (χ3n) is 4.04. The highest BCUT2D eigenvalue weighted by Gasteiger charge is 2.31. The Balaban J connectivity index is 2.29. The fraction of sp³-hybridized carbons (Fsp3) is 0.368. The van der Waals surface area contributed by atoms with Gasteiger partial charge in [-0.15, -0.1) is 0 Å². The number of hydrogen-bond acceptors (Lipinski definition) is 1. The second-order valence-corrected chi connectivity index (χ2v) is 6.61. The van der Waals surface area contributed by atoms with E-state index in [0.717, 1.165) is 24.6 Å². The predicted molar refractivity (Wildman–Crippen MR) is 92.5 cm³/mol. The van der Waals surface area contributed by atoms with Gasteiger partial charge >= 0.3 is 6.18 Å². The molecule has 0 spiro atoms. The van der Waals surface area contributed by atoms with Crippen LogP contribution in [0.1, 0.15) is 29.0 Å². The fourth-order valence-electron chi connectivity index (χ4n) is 2.70. The van der Waals surface area contributed by atoms with Crippen LogP contribution in [0.2, 0.25) is 5.02 Å². The van der Waals surface area contributed by atoms with E-state index in [0.29, 0.717) is 17.0 Å². The van der Waals surface area contributed by atoms with Crippen LogP contribution in [0.5, 0.6) is 0 Å². The molecule has 2 rings (SSSR count). The van der Waals surface area contributed by atoms with Crippen LogP contribution >= 0.6 is 11.6 Å². The summed E-state index contributed by atoms with van der Waals surface area (Å²) in [4.78, 5) is 2.07. The zero-order valence-corrected chi connectivity index (χ0v) is 14.5. The van der Waals surface area contributed by atoms with Gasteiger partial charge in [-0.25, -0.2) is 0 Å². The van der Waals surface area contributed by atoms with Gasteiger partial charge in [0, 0.05) is 5.02 Å². The monoisotopic (exact) mass is 355 g/mol. The molecule has 5 heteroatoms. The number of benzene rings is 2. The largest absolute Gasteiger partial charge is 0.416 e. The zero-order chi connectivity index (χ0) is 17.7. The quantitative estimate of drug-likeness (QED) is 0.648. The van der Waals surface area contributed by atoms with E-state index < -0.39 is 11.7 Å². The van der Waals surface area contributed by atoms with E-state index in [4.69, 9.17) is 11.6 Å². The second-order valence-electron chi connectivity index (χ2n) is 6.21. The average molecular weight is 356 g/mol. The molecule has 0 aromatic heterocycles. The van der Waals surface area contributed by atoms with Crippen LogP contribution in [0, 0.1) is 0 Å². The molecule has 0 heterocycles. The van der Waals surface area contributed by atoms with E-state index in [-0.39, 0.29) is 5.92 Å². The van der Waals surface area contributed by atoms with Gasteiger partial charge in [0.15, 0.2) is 0 Å². The highest BCUT2D eigenvalue weighted by Crippen LogP contribution is 2.34. The van der Waals surface area contributed by atoms with Crippen LogP contribution in [-0.4, -0.2) is 25.5 Å². The molecular formula is C19H21ClF3N. The lowest BCUT2D eigenvalue weighted by molar-refractivity contribution is -0.137. The first-order chi connectivity index (χ1) is 11.3. The molecule has 1 atom stereocenters. The lowest BCUT2D eigenvalue weighted by Crippen LogP contribution is -2.17. The van der Waals surface area contributed by atoms with Gasteiger partial charge in [-0.05, 0) is 68.7 Å². The van der Waals surface area contributed by atoms with Gasteiger partial charge in [0.1, 0.15) is 0 Å². The molecule has 0 saturated heterocycles. The Labute approximate surface area is 146 Å². The van der Waals surface area contributed by atoms with Gasteiger partial charge in [-0.1, -0.05) is 41.9 Å². The summed E-state index contributed by atoms with van der Waals surface area (Å²) in [5.74, 6) is 0.120. The van der Waals surface area contributed by atoms with Gasteiger partial charge in [-0.2, -0.15) is 13.2 Å². The topological polar surface area (TPSA) is 3.24 Å². The van der Waals surface area contributed by atoms with Crippen molar-refractivity contribution < 1.29 is 13.2 Å². The van der Waals surface area contributed by atoms with Gasteiger partial charge in [-0.3, -0.25) is 0 Å². The third-order valence-corrected chi connectivity index (χ3v) is 4.40. The molecule has 1 unspecified atom stereocenters. The van der Waals surface area contributed by atoms with Crippen LogP contribution in [0.4, 0.5) is 13.2 Å². The van der Waals surface area contributed by atoms with Crippen molar-refractivity contribution in [1.29, 1.82) is 0 Å². The number of nitrogens with zero attached hydrogens (tertiary/aromatic N) is 1. The van der Waals surface area contributed by atoms with Gasteiger partial charge in [0.2, 0.25) is 0 Å². The molecule has 0 aliphatic heterocycles. The SMILES string of the molecule is CN(C)CCC(Cc1cc(C(F)(F)F)ccc1Cl)c1ccccc1. The molecule has 1 nitrogen and oxygen atoms in total. The van der Waals surface area contributed by atoms with E-state index in [1.807, 2.05) is 44.4 Å². The van der Waals surface area contributed by atoms with Crippen LogP contribution < -0.4 is 0 Å². The van der Waals surface area contributed by atoms with E-state index in [2.05, 4.69) is 4.90 Å².